The molecular weight excluding hydrogens is 260 g/mol. The van der Waals surface area contributed by atoms with Gasteiger partial charge in [0.25, 0.3) is 0 Å². The molecule has 1 N–H and O–H groups in total. The third kappa shape index (κ3) is 4.06. The molecule has 0 radical (unpaired) electrons. The molecule has 1 aromatic heterocycles. The van der Waals surface area contributed by atoms with Crippen molar-refractivity contribution in [2.45, 2.75) is 23.6 Å². The van der Waals surface area contributed by atoms with Crippen LogP contribution in [-0.4, -0.2) is 26.3 Å². The van der Waals surface area contributed by atoms with E-state index >= 15 is 0 Å². The van der Waals surface area contributed by atoms with E-state index in [2.05, 4.69) is 9.97 Å². The van der Waals surface area contributed by atoms with Crippen molar-refractivity contribution in [3.8, 4) is 0 Å². The molecule has 0 aliphatic heterocycles. The first kappa shape index (κ1) is 13.5. The Balaban J connectivity index is 2.11. The van der Waals surface area contributed by atoms with Gasteiger partial charge in [-0.3, -0.25) is 4.79 Å². The highest BCUT2D eigenvalue weighted by Crippen LogP contribution is 2.24. The molecular formula is C14H14N2O2S. The van der Waals surface area contributed by atoms with Crippen molar-refractivity contribution in [2.24, 2.45) is 0 Å². The number of aliphatic carboxylic acids is 1. The van der Waals surface area contributed by atoms with Gasteiger partial charge < -0.3 is 5.11 Å². The Hall–Kier alpha value is -1.88. The molecule has 1 unspecified atom stereocenters. The van der Waals surface area contributed by atoms with Crippen molar-refractivity contribution >= 4 is 17.7 Å². The second-order valence-corrected chi connectivity index (χ2v) is 5.30. The SMILES string of the molecule is Cc1nccc(SC(Cc2ccccc2)C(=O)O)n1. The molecule has 0 spiro atoms. The summed E-state index contributed by atoms with van der Waals surface area (Å²) in [6.07, 6.45) is 2.12. The highest BCUT2D eigenvalue weighted by Gasteiger charge is 2.20. The van der Waals surface area contributed by atoms with Crippen LogP contribution in [0.5, 0.6) is 0 Å². The summed E-state index contributed by atoms with van der Waals surface area (Å²) >= 11 is 1.26. The molecule has 0 saturated carbocycles. The topological polar surface area (TPSA) is 63.1 Å². The minimum absolute atomic E-state index is 0.476. The van der Waals surface area contributed by atoms with Gasteiger partial charge in [0, 0.05) is 6.20 Å². The summed E-state index contributed by atoms with van der Waals surface area (Å²) in [4.78, 5) is 19.6. The van der Waals surface area contributed by atoms with Crippen LogP contribution >= 0.6 is 11.8 Å². The summed E-state index contributed by atoms with van der Waals surface area (Å²) in [5, 5.41) is 9.45. The second kappa shape index (κ2) is 6.33. The molecule has 0 amide bonds. The highest BCUT2D eigenvalue weighted by atomic mass is 32.2. The molecule has 1 atom stereocenters. The molecule has 98 valence electrons. The highest BCUT2D eigenvalue weighted by molar-refractivity contribution is 8.00. The van der Waals surface area contributed by atoms with Crippen LogP contribution in [0.15, 0.2) is 47.6 Å². The summed E-state index contributed by atoms with van der Waals surface area (Å²) in [6.45, 7) is 1.79. The van der Waals surface area contributed by atoms with Crippen LogP contribution in [-0.2, 0) is 11.2 Å². The molecule has 1 aromatic carbocycles. The monoisotopic (exact) mass is 274 g/mol. The Morgan fingerprint density at radius 3 is 2.68 bits per heavy atom. The van der Waals surface area contributed by atoms with Crippen molar-refractivity contribution < 1.29 is 9.90 Å². The number of rotatable bonds is 5. The van der Waals surface area contributed by atoms with Crippen molar-refractivity contribution in [1.29, 1.82) is 0 Å². The Labute approximate surface area is 115 Å². The maximum atomic E-state index is 11.3. The van der Waals surface area contributed by atoms with Crippen molar-refractivity contribution in [2.75, 3.05) is 0 Å². The second-order valence-electron chi connectivity index (χ2n) is 4.08. The molecule has 0 saturated heterocycles. The number of hydrogen-bond acceptors (Lipinski definition) is 4. The molecule has 2 rings (SSSR count). The van der Waals surface area contributed by atoms with Crippen LogP contribution in [0.3, 0.4) is 0 Å². The van der Waals surface area contributed by atoms with Gasteiger partial charge in [-0.1, -0.05) is 42.1 Å². The number of hydrogen-bond donors (Lipinski definition) is 1. The van der Waals surface area contributed by atoms with Gasteiger partial charge in [-0.05, 0) is 25.0 Å². The van der Waals surface area contributed by atoms with Crippen molar-refractivity contribution in [1.82, 2.24) is 9.97 Å². The lowest BCUT2D eigenvalue weighted by atomic mass is 10.1. The standard InChI is InChI=1S/C14H14N2O2S/c1-10-15-8-7-13(16-10)19-12(14(17)18)9-11-5-3-2-4-6-11/h2-8,12H,9H2,1H3,(H,17,18). The van der Waals surface area contributed by atoms with Crippen LogP contribution in [0.25, 0.3) is 0 Å². The molecule has 0 fully saturated rings. The summed E-state index contributed by atoms with van der Waals surface area (Å²) in [6, 6.07) is 11.3. The number of carboxylic acids is 1. The molecule has 19 heavy (non-hydrogen) atoms. The summed E-state index contributed by atoms with van der Waals surface area (Å²) in [7, 11) is 0. The Bertz CT molecular complexity index is 560. The lowest BCUT2D eigenvalue weighted by Gasteiger charge is -2.11. The average molecular weight is 274 g/mol. The van der Waals surface area contributed by atoms with E-state index in [0.29, 0.717) is 17.3 Å². The maximum absolute atomic E-state index is 11.3. The summed E-state index contributed by atoms with van der Waals surface area (Å²) in [5.74, 6) is -0.182. The number of benzene rings is 1. The van der Waals surface area contributed by atoms with Crippen LogP contribution in [0.4, 0.5) is 0 Å². The molecule has 4 nitrogen and oxygen atoms in total. The first-order valence-electron chi connectivity index (χ1n) is 5.88. The van der Waals surface area contributed by atoms with Crippen LogP contribution < -0.4 is 0 Å². The largest absolute Gasteiger partial charge is 0.480 e. The number of aryl methyl sites for hydroxylation is 1. The minimum atomic E-state index is -0.829. The first-order valence-corrected chi connectivity index (χ1v) is 6.76. The number of carbonyl (C=O) groups is 1. The zero-order valence-electron chi connectivity index (χ0n) is 10.5. The van der Waals surface area contributed by atoms with E-state index in [-0.39, 0.29) is 0 Å². The van der Waals surface area contributed by atoms with Gasteiger partial charge >= 0.3 is 5.97 Å². The number of thioether (sulfide) groups is 1. The first-order chi connectivity index (χ1) is 9.15. The van der Waals surface area contributed by atoms with E-state index in [4.69, 9.17) is 0 Å². The lowest BCUT2D eigenvalue weighted by Crippen LogP contribution is -2.19. The molecule has 1 heterocycles. The molecule has 0 bridgehead atoms. The van der Waals surface area contributed by atoms with Gasteiger partial charge in [0.1, 0.15) is 16.1 Å². The predicted octanol–water partition coefficient (Wildman–Crippen LogP) is 2.57. The third-order valence-corrected chi connectivity index (χ3v) is 3.67. The average Bonchev–Trinajstić information content (AvgIpc) is 2.39. The van der Waals surface area contributed by atoms with E-state index < -0.39 is 11.2 Å². The fourth-order valence-corrected chi connectivity index (χ4v) is 2.65. The van der Waals surface area contributed by atoms with Crippen LogP contribution in [0, 0.1) is 6.92 Å². The Kier molecular flexibility index (Phi) is 4.52. The summed E-state index contributed by atoms with van der Waals surface area (Å²) in [5.41, 5.74) is 1.01. The van der Waals surface area contributed by atoms with E-state index in [0.717, 1.165) is 5.56 Å². The fourth-order valence-electron chi connectivity index (χ4n) is 1.65. The van der Waals surface area contributed by atoms with E-state index in [9.17, 15) is 9.90 Å². The number of nitrogens with zero attached hydrogens (tertiary/aromatic N) is 2. The number of carboxylic acid groups (broad SMARTS) is 1. The van der Waals surface area contributed by atoms with Gasteiger partial charge in [0.05, 0.1) is 0 Å². The molecule has 0 aliphatic carbocycles. The van der Waals surface area contributed by atoms with Gasteiger partial charge in [0.2, 0.25) is 0 Å². The molecule has 5 heteroatoms. The van der Waals surface area contributed by atoms with Gasteiger partial charge in [-0.25, -0.2) is 9.97 Å². The van der Waals surface area contributed by atoms with Crippen LogP contribution in [0.1, 0.15) is 11.4 Å². The van der Waals surface area contributed by atoms with Crippen molar-refractivity contribution in [3.63, 3.8) is 0 Å². The van der Waals surface area contributed by atoms with Gasteiger partial charge in [-0.2, -0.15) is 0 Å². The van der Waals surface area contributed by atoms with Gasteiger partial charge in [-0.15, -0.1) is 0 Å². The molecule has 2 aromatic rings. The van der Waals surface area contributed by atoms with Crippen LogP contribution in [0.2, 0.25) is 0 Å². The Morgan fingerprint density at radius 1 is 1.32 bits per heavy atom. The third-order valence-electron chi connectivity index (χ3n) is 2.55. The van der Waals surface area contributed by atoms with E-state index in [1.54, 1.807) is 19.2 Å². The maximum Gasteiger partial charge on any atom is 0.317 e. The molecule has 0 aliphatic rings. The van der Waals surface area contributed by atoms with Gasteiger partial charge in [0.15, 0.2) is 0 Å². The van der Waals surface area contributed by atoms with E-state index in [1.165, 1.54) is 11.8 Å². The smallest absolute Gasteiger partial charge is 0.317 e. The van der Waals surface area contributed by atoms with E-state index in [1.807, 2.05) is 30.3 Å². The zero-order valence-corrected chi connectivity index (χ0v) is 11.3. The Morgan fingerprint density at radius 2 is 2.05 bits per heavy atom. The predicted molar refractivity (Wildman–Crippen MR) is 74.2 cm³/mol. The number of aromatic nitrogens is 2. The normalized spacial score (nSPS) is 12.1. The summed E-state index contributed by atoms with van der Waals surface area (Å²) < 4.78 is 0. The minimum Gasteiger partial charge on any atom is -0.480 e. The fraction of sp³-hybridized carbons (Fsp3) is 0.214. The zero-order chi connectivity index (χ0) is 13.7. The lowest BCUT2D eigenvalue weighted by molar-refractivity contribution is -0.136. The quantitative estimate of drug-likeness (QED) is 0.670. The van der Waals surface area contributed by atoms with Crippen molar-refractivity contribution in [3.05, 3.63) is 54.0 Å².